The topological polar surface area (TPSA) is 60.3 Å². The first-order chi connectivity index (χ1) is 13.5. The van der Waals surface area contributed by atoms with Gasteiger partial charge in [0.2, 0.25) is 0 Å². The van der Waals surface area contributed by atoms with Gasteiger partial charge in [0.05, 0.1) is 16.6 Å². The number of amides is 1. The van der Waals surface area contributed by atoms with Crippen LogP contribution in [0, 0.1) is 0 Å². The molecule has 1 aliphatic rings. The molecule has 1 aromatic heterocycles. The molecule has 1 fully saturated rings. The van der Waals surface area contributed by atoms with Crippen molar-refractivity contribution in [3.8, 4) is 0 Å². The molecule has 3 aromatic rings. The zero-order valence-corrected chi connectivity index (χ0v) is 17.2. The fraction of sp³-hybridized carbons (Fsp3) is 0.273. The third-order valence-corrected chi connectivity index (χ3v) is 5.97. The summed E-state index contributed by atoms with van der Waals surface area (Å²) < 4.78 is 8.07. The van der Waals surface area contributed by atoms with Crippen molar-refractivity contribution >= 4 is 32.7 Å². The van der Waals surface area contributed by atoms with Crippen molar-refractivity contribution in [2.45, 2.75) is 18.4 Å². The Hall–Kier alpha value is -2.44. The molecule has 0 unspecified atom stereocenters. The fourth-order valence-electron chi connectivity index (χ4n) is 3.88. The Labute approximate surface area is 171 Å². The summed E-state index contributed by atoms with van der Waals surface area (Å²) in [6.45, 7) is 1.15. The van der Waals surface area contributed by atoms with Gasteiger partial charge in [0, 0.05) is 36.2 Å². The van der Waals surface area contributed by atoms with Crippen LogP contribution in [-0.4, -0.2) is 23.7 Å². The summed E-state index contributed by atoms with van der Waals surface area (Å²) in [5.41, 5.74) is 1.45. The van der Waals surface area contributed by atoms with Gasteiger partial charge in [-0.2, -0.15) is 0 Å². The lowest BCUT2D eigenvalue weighted by Crippen LogP contribution is -2.49. The third kappa shape index (κ3) is 3.38. The molecule has 1 amide bonds. The molecule has 1 aliphatic heterocycles. The minimum Gasteiger partial charge on any atom is -0.381 e. The maximum Gasteiger partial charge on any atom is 0.252 e. The molecule has 4 rings (SSSR count). The van der Waals surface area contributed by atoms with Crippen LogP contribution in [0.5, 0.6) is 0 Å². The van der Waals surface area contributed by atoms with Crippen molar-refractivity contribution in [3.05, 3.63) is 80.6 Å². The Morgan fingerprint density at radius 2 is 1.86 bits per heavy atom. The number of benzene rings is 2. The number of aryl methyl sites for hydroxylation is 1. The Bertz CT molecular complexity index is 1100. The normalized spacial score (nSPS) is 16.1. The number of fused-ring (bicyclic) bond motifs is 1. The largest absolute Gasteiger partial charge is 0.381 e. The van der Waals surface area contributed by atoms with Crippen molar-refractivity contribution in [2.24, 2.45) is 7.05 Å². The molecule has 0 radical (unpaired) electrons. The van der Waals surface area contributed by atoms with E-state index >= 15 is 0 Å². The molecule has 1 saturated heterocycles. The third-order valence-electron chi connectivity index (χ3n) is 5.47. The molecule has 2 heterocycles. The smallest absolute Gasteiger partial charge is 0.252 e. The number of nitrogens with one attached hydrogen (secondary N) is 1. The highest BCUT2D eigenvalue weighted by atomic mass is 79.9. The second-order valence-electron chi connectivity index (χ2n) is 7.13. The molecule has 0 atom stereocenters. The van der Waals surface area contributed by atoms with Crippen LogP contribution in [0.15, 0.2) is 63.9 Å². The summed E-state index contributed by atoms with van der Waals surface area (Å²) in [6, 6.07) is 16.9. The van der Waals surface area contributed by atoms with Crippen LogP contribution in [0.2, 0.25) is 0 Å². The van der Waals surface area contributed by atoms with E-state index in [-0.39, 0.29) is 11.5 Å². The Morgan fingerprint density at radius 3 is 2.61 bits per heavy atom. The van der Waals surface area contributed by atoms with Crippen molar-refractivity contribution < 1.29 is 9.53 Å². The Kier molecular flexibility index (Phi) is 5.08. The van der Waals surface area contributed by atoms with Gasteiger partial charge in [-0.1, -0.05) is 46.3 Å². The lowest BCUT2D eigenvalue weighted by molar-refractivity contribution is 0.0345. The van der Waals surface area contributed by atoms with Gasteiger partial charge in [-0.15, -0.1) is 0 Å². The maximum absolute atomic E-state index is 13.3. The Morgan fingerprint density at radius 1 is 1.11 bits per heavy atom. The van der Waals surface area contributed by atoms with Crippen molar-refractivity contribution in [3.63, 3.8) is 0 Å². The van der Waals surface area contributed by atoms with Gasteiger partial charge in [0.1, 0.15) is 0 Å². The number of ether oxygens (including phenoxy) is 1. The number of carbonyl (C=O) groups is 1. The molecule has 2 aromatic carbocycles. The highest BCUT2D eigenvalue weighted by Crippen LogP contribution is 2.34. The summed E-state index contributed by atoms with van der Waals surface area (Å²) in [6.07, 6.45) is 1.36. The molecule has 1 N–H and O–H groups in total. The quantitative estimate of drug-likeness (QED) is 0.674. The van der Waals surface area contributed by atoms with Gasteiger partial charge < -0.3 is 14.6 Å². The van der Waals surface area contributed by atoms with E-state index in [4.69, 9.17) is 4.74 Å². The number of pyridine rings is 1. The van der Waals surface area contributed by atoms with Crippen LogP contribution in [0.1, 0.15) is 28.8 Å². The summed E-state index contributed by atoms with van der Waals surface area (Å²) in [4.78, 5) is 25.7. The predicted molar refractivity (Wildman–Crippen MR) is 113 cm³/mol. The first-order valence-electron chi connectivity index (χ1n) is 9.25. The number of aromatic nitrogens is 1. The number of carbonyl (C=O) groups excluding carboxylic acids is 1. The van der Waals surface area contributed by atoms with E-state index in [0.29, 0.717) is 31.6 Å². The Balaban J connectivity index is 1.79. The highest BCUT2D eigenvalue weighted by molar-refractivity contribution is 9.10. The molecule has 0 saturated carbocycles. The van der Waals surface area contributed by atoms with Crippen LogP contribution < -0.4 is 10.9 Å². The number of hydrogen-bond acceptors (Lipinski definition) is 3. The zero-order valence-electron chi connectivity index (χ0n) is 15.6. The monoisotopic (exact) mass is 440 g/mol. The number of hydrogen-bond donors (Lipinski definition) is 1. The predicted octanol–water partition coefficient (Wildman–Crippen LogP) is 3.74. The minimum atomic E-state index is -0.526. The SMILES string of the molecule is Cn1c(=O)cc(C(=O)NC2(c3cccc(Br)c3)CCOCC2)c2ccccc21. The van der Waals surface area contributed by atoms with Crippen molar-refractivity contribution in [2.75, 3.05) is 13.2 Å². The lowest BCUT2D eigenvalue weighted by atomic mass is 9.82. The first-order valence-corrected chi connectivity index (χ1v) is 10.0. The molecular weight excluding hydrogens is 420 g/mol. The first kappa shape index (κ1) is 18.9. The van der Waals surface area contributed by atoms with Gasteiger partial charge in [0.25, 0.3) is 11.5 Å². The van der Waals surface area contributed by atoms with E-state index in [1.54, 1.807) is 11.6 Å². The molecule has 0 spiro atoms. The van der Waals surface area contributed by atoms with Crippen LogP contribution in [0.25, 0.3) is 10.9 Å². The number of rotatable bonds is 3. The molecule has 0 aliphatic carbocycles. The number of nitrogens with zero attached hydrogens (tertiary/aromatic N) is 1. The van der Waals surface area contributed by atoms with Crippen LogP contribution in [-0.2, 0) is 17.3 Å². The van der Waals surface area contributed by atoms with Crippen LogP contribution >= 0.6 is 15.9 Å². The fourth-order valence-corrected chi connectivity index (χ4v) is 4.27. The van der Waals surface area contributed by atoms with Crippen molar-refractivity contribution in [1.29, 1.82) is 0 Å². The second-order valence-corrected chi connectivity index (χ2v) is 8.05. The van der Waals surface area contributed by atoms with Gasteiger partial charge in [-0.3, -0.25) is 9.59 Å². The minimum absolute atomic E-state index is 0.202. The molecule has 28 heavy (non-hydrogen) atoms. The molecule has 5 nitrogen and oxygen atoms in total. The molecule has 144 valence electrons. The summed E-state index contributed by atoms with van der Waals surface area (Å²) in [5.74, 6) is -0.240. The summed E-state index contributed by atoms with van der Waals surface area (Å²) >= 11 is 3.53. The highest BCUT2D eigenvalue weighted by Gasteiger charge is 2.36. The van der Waals surface area contributed by atoms with Gasteiger partial charge >= 0.3 is 0 Å². The average Bonchev–Trinajstić information content (AvgIpc) is 2.71. The van der Waals surface area contributed by atoms with Gasteiger partial charge in [-0.25, -0.2) is 0 Å². The van der Waals surface area contributed by atoms with E-state index in [1.807, 2.05) is 48.5 Å². The van der Waals surface area contributed by atoms with Gasteiger partial charge in [0.15, 0.2) is 0 Å². The maximum atomic E-state index is 13.3. The van der Waals surface area contributed by atoms with E-state index in [0.717, 1.165) is 20.9 Å². The average molecular weight is 441 g/mol. The number of para-hydroxylation sites is 1. The van der Waals surface area contributed by atoms with Crippen LogP contribution in [0.3, 0.4) is 0 Å². The molecule has 0 bridgehead atoms. The lowest BCUT2D eigenvalue weighted by Gasteiger charge is -2.38. The number of halogens is 1. The summed E-state index contributed by atoms with van der Waals surface area (Å²) in [5, 5.41) is 4.01. The summed E-state index contributed by atoms with van der Waals surface area (Å²) in [7, 11) is 1.72. The van der Waals surface area contributed by atoms with Gasteiger partial charge in [-0.05, 0) is 36.6 Å². The van der Waals surface area contributed by atoms with E-state index in [2.05, 4.69) is 21.2 Å². The van der Waals surface area contributed by atoms with E-state index in [1.165, 1.54) is 6.07 Å². The molecular formula is C22H21BrN2O3. The standard InChI is InChI=1S/C22H21BrN2O3/c1-25-19-8-3-2-7-17(19)18(14-20(25)26)21(27)24-22(9-11-28-12-10-22)15-5-4-6-16(23)13-15/h2-8,13-14H,9-12H2,1H3,(H,24,27). The molecule has 6 heteroatoms. The second kappa shape index (κ2) is 7.53. The van der Waals surface area contributed by atoms with E-state index < -0.39 is 5.54 Å². The van der Waals surface area contributed by atoms with Crippen molar-refractivity contribution in [1.82, 2.24) is 9.88 Å². The zero-order chi connectivity index (χ0) is 19.7. The van der Waals surface area contributed by atoms with Crippen LogP contribution in [0.4, 0.5) is 0 Å². The van der Waals surface area contributed by atoms with E-state index in [9.17, 15) is 9.59 Å².